The summed E-state index contributed by atoms with van der Waals surface area (Å²) in [6.45, 7) is 2.30. The fourth-order valence-electron chi connectivity index (χ4n) is 3.75. The van der Waals surface area contributed by atoms with Crippen molar-refractivity contribution in [1.82, 2.24) is 14.8 Å². The van der Waals surface area contributed by atoms with E-state index in [0.29, 0.717) is 26.2 Å². The molecule has 0 saturated carbocycles. The van der Waals surface area contributed by atoms with Gasteiger partial charge >= 0.3 is 0 Å². The predicted molar refractivity (Wildman–Crippen MR) is 96.8 cm³/mol. The summed E-state index contributed by atoms with van der Waals surface area (Å²) in [6.07, 6.45) is 4.29. The Morgan fingerprint density at radius 1 is 1.32 bits per heavy atom. The molecule has 0 radical (unpaired) electrons. The van der Waals surface area contributed by atoms with Gasteiger partial charge in [-0.25, -0.2) is 0 Å². The van der Waals surface area contributed by atoms with Gasteiger partial charge in [-0.05, 0) is 37.0 Å². The van der Waals surface area contributed by atoms with E-state index in [2.05, 4.69) is 9.88 Å². The van der Waals surface area contributed by atoms with E-state index in [9.17, 15) is 9.59 Å². The average molecular weight is 356 g/mol. The Kier molecular flexibility index (Phi) is 4.05. The third-order valence-electron chi connectivity index (χ3n) is 5.28. The van der Waals surface area contributed by atoms with Crippen LogP contribution in [0.4, 0.5) is 5.69 Å². The van der Waals surface area contributed by atoms with E-state index in [1.54, 1.807) is 12.4 Å². The van der Waals surface area contributed by atoms with Crippen LogP contribution in [0, 0.1) is 0 Å². The fraction of sp³-hybridized carbons (Fsp3) is 0.389. The zero-order chi connectivity index (χ0) is 17.4. The number of carbonyl (C=O) groups excluding carboxylic acids is 2. The number of carbonyl (C=O) groups is 2. The largest absolute Gasteiger partial charge is 0.337 e. The first-order valence-electron chi connectivity index (χ1n) is 8.32. The minimum atomic E-state index is -0.199. The normalized spacial score (nSPS) is 24.3. The lowest BCUT2D eigenvalue weighted by Gasteiger charge is -2.46. The molecule has 0 N–H and O–H groups in total. The summed E-state index contributed by atoms with van der Waals surface area (Å²) in [5.74, 6) is 0.153. The number of piperazine rings is 1. The minimum absolute atomic E-state index is 0.0729. The second kappa shape index (κ2) is 6.24. The third kappa shape index (κ3) is 2.83. The van der Waals surface area contributed by atoms with Gasteiger partial charge in [0.15, 0.2) is 0 Å². The first-order chi connectivity index (χ1) is 12.1. The zero-order valence-electron chi connectivity index (χ0n) is 14.1. The van der Waals surface area contributed by atoms with Crippen molar-refractivity contribution in [2.75, 3.05) is 38.1 Å². The van der Waals surface area contributed by atoms with E-state index in [1.807, 2.05) is 45.8 Å². The molecule has 6 nitrogen and oxygen atoms in total. The fourth-order valence-corrected chi connectivity index (χ4v) is 4.38. The first kappa shape index (κ1) is 16.2. The lowest BCUT2D eigenvalue weighted by Crippen LogP contribution is -2.64. The van der Waals surface area contributed by atoms with E-state index in [4.69, 9.17) is 0 Å². The molecule has 0 unspecified atom stereocenters. The van der Waals surface area contributed by atoms with Gasteiger partial charge in [0.2, 0.25) is 5.91 Å². The second-order valence-electron chi connectivity index (χ2n) is 6.76. The topological polar surface area (TPSA) is 56.8 Å². The maximum atomic E-state index is 12.7. The van der Waals surface area contributed by atoms with Crippen molar-refractivity contribution in [3.05, 3.63) is 46.9 Å². The van der Waals surface area contributed by atoms with E-state index >= 15 is 0 Å². The number of likely N-dealkylation sites (tertiary alicyclic amines) is 1. The monoisotopic (exact) mass is 356 g/mol. The summed E-state index contributed by atoms with van der Waals surface area (Å²) in [6, 6.07) is 5.62. The van der Waals surface area contributed by atoms with Crippen molar-refractivity contribution in [3.63, 3.8) is 0 Å². The quantitative estimate of drug-likeness (QED) is 0.822. The number of aromatic nitrogens is 1. The Labute approximate surface area is 150 Å². The highest BCUT2D eigenvalue weighted by molar-refractivity contribution is 7.08. The molecule has 2 aliphatic heterocycles. The molecule has 2 aromatic heterocycles. The summed E-state index contributed by atoms with van der Waals surface area (Å²) in [5, 5.41) is 3.82. The van der Waals surface area contributed by atoms with E-state index < -0.39 is 0 Å². The Morgan fingerprint density at radius 3 is 2.92 bits per heavy atom. The lowest BCUT2D eigenvalue weighted by atomic mass is 9.92. The molecule has 2 fully saturated rings. The number of likely N-dealkylation sites (N-methyl/N-ethyl adjacent to an activating group) is 1. The molecule has 7 heteroatoms. The van der Waals surface area contributed by atoms with Gasteiger partial charge in [-0.2, -0.15) is 11.3 Å². The number of nitrogens with zero attached hydrogens (tertiary/aromatic N) is 4. The third-order valence-corrected chi connectivity index (χ3v) is 5.96. The highest BCUT2D eigenvalue weighted by Crippen LogP contribution is 2.33. The molecule has 0 bridgehead atoms. The van der Waals surface area contributed by atoms with Crippen molar-refractivity contribution in [1.29, 1.82) is 0 Å². The highest BCUT2D eigenvalue weighted by Gasteiger charge is 2.48. The zero-order valence-corrected chi connectivity index (χ0v) is 14.9. The first-order valence-corrected chi connectivity index (χ1v) is 9.26. The molecule has 0 aromatic carbocycles. The van der Waals surface area contributed by atoms with Gasteiger partial charge < -0.3 is 9.80 Å². The predicted octanol–water partition coefficient (Wildman–Crippen LogP) is 1.71. The maximum absolute atomic E-state index is 12.7. The van der Waals surface area contributed by atoms with E-state index in [0.717, 1.165) is 17.7 Å². The molecule has 2 saturated heterocycles. The standard InChI is InChI=1S/C18H20N4O2S/c1-20-10-16(23)22(15-3-2-6-19-9-15)13-18(20)5-7-21(12-18)17(24)14-4-8-25-11-14/h2-4,6,8-9,11H,5,7,10,12-13H2,1H3/t18-/m0/s1. The Morgan fingerprint density at radius 2 is 2.20 bits per heavy atom. The summed E-state index contributed by atoms with van der Waals surface area (Å²) in [7, 11) is 1.98. The number of hydrogen-bond acceptors (Lipinski definition) is 5. The van der Waals surface area contributed by atoms with E-state index in [1.165, 1.54) is 11.3 Å². The van der Waals surface area contributed by atoms with E-state index in [-0.39, 0.29) is 17.4 Å². The van der Waals surface area contributed by atoms with Gasteiger partial charge in [0.05, 0.1) is 29.5 Å². The van der Waals surface area contributed by atoms with Crippen LogP contribution in [0.3, 0.4) is 0 Å². The molecular formula is C18H20N4O2S. The van der Waals surface area contributed by atoms with Gasteiger partial charge in [0.1, 0.15) is 0 Å². The summed E-state index contributed by atoms with van der Waals surface area (Å²) in [4.78, 5) is 35.2. The lowest BCUT2D eigenvalue weighted by molar-refractivity contribution is -0.123. The molecule has 1 atom stereocenters. The highest BCUT2D eigenvalue weighted by atomic mass is 32.1. The molecule has 1 spiro atoms. The van der Waals surface area contributed by atoms with Crippen molar-refractivity contribution < 1.29 is 9.59 Å². The molecule has 0 aliphatic carbocycles. The minimum Gasteiger partial charge on any atom is -0.337 e. The summed E-state index contributed by atoms with van der Waals surface area (Å²) in [5.41, 5.74) is 1.37. The maximum Gasteiger partial charge on any atom is 0.254 e. The molecule has 4 rings (SSSR count). The molecule has 130 valence electrons. The number of rotatable bonds is 2. The Balaban J connectivity index is 1.56. The van der Waals surface area contributed by atoms with Crippen LogP contribution in [0.25, 0.3) is 0 Å². The van der Waals surface area contributed by atoms with Gasteiger partial charge in [-0.1, -0.05) is 0 Å². The number of thiophene rings is 1. The summed E-state index contributed by atoms with van der Waals surface area (Å²) < 4.78 is 0. The SMILES string of the molecule is CN1CC(=O)N(c2cccnc2)C[C@@]12CCN(C(=O)c1ccsc1)C2. The van der Waals surface area contributed by atoms with Gasteiger partial charge in [0, 0.05) is 31.2 Å². The molecule has 4 heterocycles. The average Bonchev–Trinajstić information content (AvgIpc) is 3.30. The number of hydrogen-bond donors (Lipinski definition) is 0. The molecular weight excluding hydrogens is 336 g/mol. The second-order valence-corrected chi connectivity index (χ2v) is 7.54. The smallest absolute Gasteiger partial charge is 0.254 e. The van der Waals surface area contributed by atoms with Crippen molar-refractivity contribution >= 4 is 28.8 Å². The van der Waals surface area contributed by atoms with Crippen LogP contribution in [-0.4, -0.2) is 65.4 Å². The van der Waals surface area contributed by atoms with Crippen LogP contribution in [0.1, 0.15) is 16.8 Å². The van der Waals surface area contributed by atoms with Gasteiger partial charge in [-0.15, -0.1) is 0 Å². The van der Waals surface area contributed by atoms with Crippen LogP contribution in [0.5, 0.6) is 0 Å². The van der Waals surface area contributed by atoms with Crippen LogP contribution in [-0.2, 0) is 4.79 Å². The van der Waals surface area contributed by atoms with Crippen LogP contribution in [0.2, 0.25) is 0 Å². The van der Waals surface area contributed by atoms with Crippen LogP contribution >= 0.6 is 11.3 Å². The molecule has 2 aromatic rings. The molecule has 2 amide bonds. The van der Waals surface area contributed by atoms with Crippen molar-refractivity contribution in [2.24, 2.45) is 0 Å². The Bertz CT molecular complexity index is 780. The number of amides is 2. The molecule has 25 heavy (non-hydrogen) atoms. The van der Waals surface area contributed by atoms with Gasteiger partial charge in [-0.3, -0.25) is 19.5 Å². The number of pyridine rings is 1. The Hall–Kier alpha value is -2.25. The van der Waals surface area contributed by atoms with Crippen LogP contribution < -0.4 is 4.90 Å². The van der Waals surface area contributed by atoms with Crippen LogP contribution in [0.15, 0.2) is 41.4 Å². The van der Waals surface area contributed by atoms with Gasteiger partial charge in [0.25, 0.3) is 5.91 Å². The van der Waals surface area contributed by atoms with Crippen molar-refractivity contribution in [3.8, 4) is 0 Å². The molecule has 2 aliphatic rings. The van der Waals surface area contributed by atoms with Crippen molar-refractivity contribution in [2.45, 2.75) is 12.0 Å². The number of anilines is 1. The summed E-state index contributed by atoms with van der Waals surface area (Å²) >= 11 is 1.53.